The van der Waals surface area contributed by atoms with Crippen molar-refractivity contribution in [2.45, 2.75) is 32.4 Å². The highest BCUT2D eigenvalue weighted by Gasteiger charge is 2.30. The van der Waals surface area contributed by atoms with E-state index in [1.807, 2.05) is 4.90 Å². The van der Waals surface area contributed by atoms with Crippen LogP contribution in [0.5, 0.6) is 0 Å². The van der Waals surface area contributed by atoms with Crippen LogP contribution < -0.4 is 10.6 Å². The first kappa shape index (κ1) is 22.2. The molecule has 2 aromatic carbocycles. The van der Waals surface area contributed by atoms with E-state index in [0.29, 0.717) is 32.5 Å². The topological polar surface area (TPSA) is 61.4 Å². The normalized spacial score (nSPS) is 16.1. The maximum atomic E-state index is 13.9. The number of piperidine rings is 1. The lowest BCUT2D eigenvalue weighted by Gasteiger charge is -2.34. The molecule has 3 rings (SSSR count). The van der Waals surface area contributed by atoms with Gasteiger partial charge >= 0.3 is 0 Å². The van der Waals surface area contributed by atoms with E-state index in [0.717, 1.165) is 11.6 Å². The maximum absolute atomic E-state index is 13.9. The largest absolute Gasteiger partial charge is 0.352 e. The molecule has 2 N–H and O–H groups in total. The Morgan fingerprint density at radius 1 is 1.13 bits per heavy atom. The summed E-state index contributed by atoms with van der Waals surface area (Å²) in [6.45, 7) is 3.29. The fraction of sp³-hybridized carbons (Fsp3) is 0.364. The Bertz CT molecular complexity index is 900. The third kappa shape index (κ3) is 5.77. The lowest BCUT2D eigenvalue weighted by Crippen LogP contribution is -2.48. The van der Waals surface area contributed by atoms with Crippen molar-refractivity contribution >= 4 is 29.1 Å². The molecule has 0 aliphatic carbocycles. The third-order valence-electron chi connectivity index (χ3n) is 5.40. The summed E-state index contributed by atoms with van der Waals surface area (Å²) in [5.41, 5.74) is 0.924. The van der Waals surface area contributed by atoms with E-state index in [9.17, 15) is 18.4 Å². The lowest BCUT2D eigenvalue weighted by atomic mass is 9.94. The van der Waals surface area contributed by atoms with Crippen LogP contribution in [-0.4, -0.2) is 35.8 Å². The summed E-state index contributed by atoms with van der Waals surface area (Å²) in [6.07, 6.45) is 1.25. The van der Waals surface area contributed by atoms with E-state index in [-0.39, 0.29) is 34.3 Å². The van der Waals surface area contributed by atoms with Gasteiger partial charge in [0.25, 0.3) is 0 Å². The van der Waals surface area contributed by atoms with E-state index in [1.165, 1.54) is 24.3 Å². The van der Waals surface area contributed by atoms with Gasteiger partial charge in [0, 0.05) is 17.5 Å². The standard InChI is InChI=1S/C22H24ClF2N3O2/c1-14(21(29)27-20-7-4-17(23)12-19(20)25)28-10-8-16(9-11-28)22(30)26-13-15-2-5-18(24)6-3-15/h2-7,12,14,16H,8-11,13H2,1H3,(H,26,30)(H,27,29). The van der Waals surface area contributed by atoms with E-state index in [2.05, 4.69) is 10.6 Å². The van der Waals surface area contributed by atoms with Gasteiger partial charge in [-0.25, -0.2) is 8.78 Å². The third-order valence-corrected chi connectivity index (χ3v) is 5.63. The second-order valence-electron chi connectivity index (χ2n) is 7.44. The van der Waals surface area contributed by atoms with Gasteiger partial charge in [0.2, 0.25) is 11.8 Å². The molecule has 8 heteroatoms. The number of amides is 2. The van der Waals surface area contributed by atoms with Gasteiger partial charge in [0.15, 0.2) is 0 Å². The van der Waals surface area contributed by atoms with Crippen molar-refractivity contribution in [2.75, 3.05) is 18.4 Å². The van der Waals surface area contributed by atoms with Crippen LogP contribution in [0, 0.1) is 17.6 Å². The average molecular weight is 436 g/mol. The molecular formula is C22H24ClF2N3O2. The molecule has 0 bridgehead atoms. The van der Waals surface area contributed by atoms with Gasteiger partial charge < -0.3 is 10.6 Å². The molecule has 0 radical (unpaired) electrons. The second kappa shape index (κ2) is 10.00. The van der Waals surface area contributed by atoms with Gasteiger partial charge in [-0.3, -0.25) is 14.5 Å². The smallest absolute Gasteiger partial charge is 0.241 e. The molecule has 0 spiro atoms. The number of benzene rings is 2. The molecule has 1 atom stereocenters. The van der Waals surface area contributed by atoms with Crippen molar-refractivity contribution in [3.8, 4) is 0 Å². The molecule has 2 amide bonds. The van der Waals surface area contributed by atoms with E-state index < -0.39 is 11.9 Å². The Labute approximate surface area is 179 Å². The highest BCUT2D eigenvalue weighted by molar-refractivity contribution is 6.30. The van der Waals surface area contributed by atoms with E-state index in [4.69, 9.17) is 11.6 Å². The lowest BCUT2D eigenvalue weighted by molar-refractivity contribution is -0.127. The zero-order chi connectivity index (χ0) is 21.7. The van der Waals surface area contributed by atoms with Crippen molar-refractivity contribution in [3.63, 3.8) is 0 Å². The number of halogens is 3. The zero-order valence-electron chi connectivity index (χ0n) is 16.6. The zero-order valence-corrected chi connectivity index (χ0v) is 17.4. The van der Waals surface area contributed by atoms with E-state index >= 15 is 0 Å². The molecule has 0 saturated carbocycles. The quantitative estimate of drug-likeness (QED) is 0.721. The number of anilines is 1. The summed E-state index contributed by atoms with van der Waals surface area (Å²) in [5.74, 6) is -1.38. The number of carbonyl (C=O) groups excluding carboxylic acids is 2. The SMILES string of the molecule is CC(C(=O)Nc1ccc(Cl)cc1F)N1CCC(C(=O)NCc2ccc(F)cc2)CC1. The number of carbonyl (C=O) groups is 2. The molecule has 1 fully saturated rings. The monoisotopic (exact) mass is 435 g/mol. The predicted octanol–water partition coefficient (Wildman–Crippen LogP) is 3.97. The number of hydrogen-bond donors (Lipinski definition) is 2. The summed E-state index contributed by atoms with van der Waals surface area (Å²) in [6, 6.07) is 9.65. The Morgan fingerprint density at radius 2 is 1.80 bits per heavy atom. The predicted molar refractivity (Wildman–Crippen MR) is 112 cm³/mol. The Hall–Kier alpha value is -2.51. The molecule has 1 saturated heterocycles. The van der Waals surface area contributed by atoms with Gasteiger partial charge in [0.1, 0.15) is 11.6 Å². The molecule has 1 aliphatic heterocycles. The Kier molecular flexibility index (Phi) is 7.39. The van der Waals surface area contributed by atoms with Crippen molar-refractivity contribution in [3.05, 3.63) is 64.7 Å². The van der Waals surface area contributed by atoms with Crippen molar-refractivity contribution in [2.24, 2.45) is 5.92 Å². The van der Waals surface area contributed by atoms with Crippen LogP contribution in [0.1, 0.15) is 25.3 Å². The van der Waals surface area contributed by atoms with Crippen LogP contribution >= 0.6 is 11.6 Å². The fourth-order valence-corrected chi connectivity index (χ4v) is 3.64. The average Bonchev–Trinajstić information content (AvgIpc) is 2.74. The first-order valence-electron chi connectivity index (χ1n) is 9.85. The minimum Gasteiger partial charge on any atom is -0.352 e. The number of likely N-dealkylation sites (tertiary alicyclic amines) is 1. The molecular weight excluding hydrogens is 412 g/mol. The minimum atomic E-state index is -0.584. The number of nitrogens with one attached hydrogen (secondary N) is 2. The van der Waals surface area contributed by atoms with Gasteiger partial charge in [-0.05, 0) is 68.8 Å². The molecule has 1 heterocycles. The highest BCUT2D eigenvalue weighted by Crippen LogP contribution is 2.22. The first-order chi connectivity index (χ1) is 14.3. The van der Waals surface area contributed by atoms with Crippen molar-refractivity contribution < 1.29 is 18.4 Å². The van der Waals surface area contributed by atoms with Crippen LogP contribution in [0.4, 0.5) is 14.5 Å². The molecule has 0 aromatic heterocycles. The molecule has 30 heavy (non-hydrogen) atoms. The molecule has 1 aliphatic rings. The number of nitrogens with zero attached hydrogens (tertiary/aromatic N) is 1. The van der Waals surface area contributed by atoms with Crippen LogP contribution in [-0.2, 0) is 16.1 Å². The van der Waals surface area contributed by atoms with Gasteiger partial charge in [-0.1, -0.05) is 23.7 Å². The van der Waals surface area contributed by atoms with Gasteiger partial charge in [-0.15, -0.1) is 0 Å². The van der Waals surface area contributed by atoms with E-state index in [1.54, 1.807) is 19.1 Å². The fourth-order valence-electron chi connectivity index (χ4n) is 3.48. The van der Waals surface area contributed by atoms with Crippen molar-refractivity contribution in [1.29, 1.82) is 0 Å². The number of hydrogen-bond acceptors (Lipinski definition) is 3. The minimum absolute atomic E-state index is 0.0423. The molecule has 2 aromatic rings. The Morgan fingerprint density at radius 3 is 2.43 bits per heavy atom. The highest BCUT2D eigenvalue weighted by atomic mass is 35.5. The second-order valence-corrected chi connectivity index (χ2v) is 7.88. The molecule has 5 nitrogen and oxygen atoms in total. The number of rotatable bonds is 6. The summed E-state index contributed by atoms with van der Waals surface area (Å²) in [4.78, 5) is 26.9. The van der Waals surface area contributed by atoms with Crippen molar-refractivity contribution in [1.82, 2.24) is 10.2 Å². The molecule has 1 unspecified atom stereocenters. The Balaban J connectivity index is 1.46. The van der Waals surface area contributed by atoms with Gasteiger partial charge in [0.05, 0.1) is 11.7 Å². The summed E-state index contributed by atoms with van der Waals surface area (Å²) < 4.78 is 26.8. The first-order valence-corrected chi connectivity index (χ1v) is 10.2. The van der Waals surface area contributed by atoms with Crippen LogP contribution in [0.25, 0.3) is 0 Å². The summed E-state index contributed by atoms with van der Waals surface area (Å²) in [7, 11) is 0. The summed E-state index contributed by atoms with van der Waals surface area (Å²) >= 11 is 5.73. The summed E-state index contributed by atoms with van der Waals surface area (Å²) in [5, 5.41) is 5.74. The van der Waals surface area contributed by atoms with Crippen LogP contribution in [0.15, 0.2) is 42.5 Å². The van der Waals surface area contributed by atoms with Gasteiger partial charge in [-0.2, -0.15) is 0 Å². The molecule has 160 valence electrons. The van der Waals surface area contributed by atoms with Crippen LogP contribution in [0.3, 0.4) is 0 Å². The van der Waals surface area contributed by atoms with Crippen LogP contribution in [0.2, 0.25) is 5.02 Å². The maximum Gasteiger partial charge on any atom is 0.241 e.